The molecule has 7 nitrogen and oxygen atoms in total. The minimum absolute atomic E-state index is 0.0703. The molecule has 3 rings (SSSR count). The zero-order chi connectivity index (χ0) is 21.6. The summed E-state index contributed by atoms with van der Waals surface area (Å²) in [5.41, 5.74) is 0.307. The second-order valence-corrected chi connectivity index (χ2v) is 10.9. The molecule has 0 aliphatic heterocycles. The summed E-state index contributed by atoms with van der Waals surface area (Å²) in [7, 11) is -4.66. The highest BCUT2D eigenvalue weighted by atomic mass is 32.2. The number of benzene rings is 1. The van der Waals surface area contributed by atoms with Gasteiger partial charge in [-0.1, -0.05) is 29.2 Å². The molecule has 2 heterocycles. The number of aromatic nitrogens is 2. The molecule has 160 valence electrons. The second-order valence-electron chi connectivity index (χ2n) is 5.80. The van der Waals surface area contributed by atoms with Crippen LogP contribution in [-0.4, -0.2) is 42.6 Å². The van der Waals surface area contributed by atoms with Crippen molar-refractivity contribution in [2.75, 3.05) is 22.9 Å². The summed E-state index contributed by atoms with van der Waals surface area (Å²) in [5, 5.41) is 16.5. The molecule has 0 radical (unpaired) electrons. The first-order valence-electron chi connectivity index (χ1n) is 8.49. The molecule has 13 heteroatoms. The highest BCUT2D eigenvalue weighted by molar-refractivity contribution is 8.01. The van der Waals surface area contributed by atoms with E-state index >= 15 is 0 Å². The average Bonchev–Trinajstić information content (AvgIpc) is 3.39. The number of nitrogens with zero attached hydrogens (tertiary/aromatic N) is 2. The van der Waals surface area contributed by atoms with Crippen molar-refractivity contribution < 1.29 is 22.0 Å². The zero-order valence-corrected chi connectivity index (χ0v) is 18.5. The van der Waals surface area contributed by atoms with Crippen LogP contribution in [0.15, 0.2) is 51.0 Å². The number of sulfone groups is 1. The number of amides is 1. The van der Waals surface area contributed by atoms with Crippen LogP contribution >= 0.6 is 34.4 Å². The van der Waals surface area contributed by atoms with Gasteiger partial charge in [0.25, 0.3) is 0 Å². The van der Waals surface area contributed by atoms with Gasteiger partial charge in [-0.3, -0.25) is 4.79 Å². The van der Waals surface area contributed by atoms with E-state index in [1.54, 1.807) is 11.3 Å². The maximum absolute atomic E-state index is 12.5. The van der Waals surface area contributed by atoms with Crippen LogP contribution in [0.25, 0.3) is 0 Å². The van der Waals surface area contributed by atoms with Crippen LogP contribution in [0, 0.1) is 0 Å². The normalized spacial score (nSPS) is 11.6. The van der Waals surface area contributed by atoms with E-state index in [4.69, 9.17) is 0 Å². The van der Waals surface area contributed by atoms with Crippen molar-refractivity contribution in [1.82, 2.24) is 10.2 Å². The van der Waals surface area contributed by atoms with Crippen LogP contribution in [0.2, 0.25) is 0 Å². The van der Waals surface area contributed by atoms with Gasteiger partial charge in [0.15, 0.2) is 4.34 Å². The number of alkyl halides is 2. The van der Waals surface area contributed by atoms with Crippen molar-refractivity contribution >= 4 is 61.0 Å². The van der Waals surface area contributed by atoms with E-state index < -0.39 is 20.5 Å². The Morgan fingerprint density at radius 2 is 1.93 bits per heavy atom. The van der Waals surface area contributed by atoms with E-state index in [2.05, 4.69) is 26.9 Å². The van der Waals surface area contributed by atoms with Crippen molar-refractivity contribution in [1.29, 1.82) is 0 Å². The van der Waals surface area contributed by atoms with E-state index in [9.17, 15) is 22.0 Å². The van der Waals surface area contributed by atoms with Gasteiger partial charge in [-0.25, -0.2) is 8.42 Å². The monoisotopic (exact) mass is 490 g/mol. The molecular formula is C17H16F2N4O3S4. The summed E-state index contributed by atoms with van der Waals surface area (Å²) < 4.78 is 48.5. The molecular weight excluding hydrogens is 474 g/mol. The minimum Gasteiger partial charge on any atom is -0.360 e. The molecule has 3 aromatic rings. The summed E-state index contributed by atoms with van der Waals surface area (Å²) in [6.07, 6.45) is 0.888. The van der Waals surface area contributed by atoms with E-state index in [0.29, 0.717) is 15.2 Å². The van der Waals surface area contributed by atoms with Crippen molar-refractivity contribution in [2.24, 2.45) is 0 Å². The molecule has 1 aromatic carbocycles. The Labute approximate surface area is 183 Å². The molecule has 0 bridgehead atoms. The number of carbonyl (C=O) groups excluding carboxylic acids is 1. The Bertz CT molecular complexity index is 1070. The van der Waals surface area contributed by atoms with E-state index in [1.165, 1.54) is 40.1 Å². The van der Waals surface area contributed by atoms with Crippen LogP contribution in [-0.2, 0) is 21.1 Å². The molecule has 0 saturated heterocycles. The molecule has 2 N–H and O–H groups in total. The fourth-order valence-electron chi connectivity index (χ4n) is 2.24. The van der Waals surface area contributed by atoms with Crippen LogP contribution in [0.4, 0.5) is 19.6 Å². The van der Waals surface area contributed by atoms with E-state index in [1.807, 2.05) is 11.4 Å². The standard InChI is InChI=1S/C17H16F2N4O3S4/c18-15(19)30(25,26)13-5-3-11(4-6-13)21-14(24)10-28-17-23-22-16(29-17)20-8-7-12-2-1-9-27-12/h1-6,9,15H,7-8,10H2,(H,20,22)(H,21,24). The Morgan fingerprint density at radius 1 is 1.17 bits per heavy atom. The van der Waals surface area contributed by atoms with Gasteiger partial charge in [0.05, 0.1) is 10.6 Å². The number of hydrogen-bond acceptors (Lipinski definition) is 9. The average molecular weight is 491 g/mol. The van der Waals surface area contributed by atoms with Gasteiger partial charge in [-0.2, -0.15) is 8.78 Å². The largest absolute Gasteiger partial charge is 0.360 e. The van der Waals surface area contributed by atoms with Crippen molar-refractivity contribution in [3.8, 4) is 0 Å². The summed E-state index contributed by atoms with van der Waals surface area (Å²) in [6, 6.07) is 8.66. The summed E-state index contributed by atoms with van der Waals surface area (Å²) in [4.78, 5) is 12.8. The number of thiophene rings is 1. The van der Waals surface area contributed by atoms with Crippen LogP contribution in [0.3, 0.4) is 0 Å². The second kappa shape index (κ2) is 10.3. The Morgan fingerprint density at radius 3 is 2.60 bits per heavy atom. The lowest BCUT2D eigenvalue weighted by Crippen LogP contribution is -2.14. The maximum Gasteiger partial charge on any atom is 0.341 e. The third-order valence-electron chi connectivity index (χ3n) is 3.66. The Balaban J connectivity index is 1.44. The first-order valence-corrected chi connectivity index (χ1v) is 12.7. The lowest BCUT2D eigenvalue weighted by Gasteiger charge is -2.06. The number of hydrogen-bond donors (Lipinski definition) is 2. The van der Waals surface area contributed by atoms with Gasteiger partial charge in [0.1, 0.15) is 0 Å². The van der Waals surface area contributed by atoms with Gasteiger partial charge in [-0.05, 0) is 42.1 Å². The zero-order valence-electron chi connectivity index (χ0n) is 15.2. The molecule has 2 aromatic heterocycles. The van der Waals surface area contributed by atoms with Crippen molar-refractivity contribution in [3.05, 3.63) is 46.7 Å². The molecule has 1 amide bonds. The van der Waals surface area contributed by atoms with Crippen LogP contribution in [0.1, 0.15) is 4.88 Å². The molecule has 30 heavy (non-hydrogen) atoms. The van der Waals surface area contributed by atoms with Crippen LogP contribution < -0.4 is 10.6 Å². The molecule has 0 unspecified atom stereocenters. The summed E-state index contributed by atoms with van der Waals surface area (Å²) in [5.74, 6) is -3.76. The highest BCUT2D eigenvalue weighted by Gasteiger charge is 2.26. The Kier molecular flexibility index (Phi) is 7.75. The maximum atomic E-state index is 12.5. The van der Waals surface area contributed by atoms with E-state index in [-0.39, 0.29) is 11.7 Å². The third kappa shape index (κ3) is 6.20. The Hall–Kier alpha value is -2.09. The molecule has 0 fully saturated rings. The van der Waals surface area contributed by atoms with Crippen molar-refractivity contribution in [3.63, 3.8) is 0 Å². The van der Waals surface area contributed by atoms with Gasteiger partial charge in [-0.15, -0.1) is 21.5 Å². The van der Waals surface area contributed by atoms with Gasteiger partial charge >= 0.3 is 5.76 Å². The first-order chi connectivity index (χ1) is 14.3. The lowest BCUT2D eigenvalue weighted by molar-refractivity contribution is -0.113. The highest BCUT2D eigenvalue weighted by Crippen LogP contribution is 2.26. The molecule has 0 spiro atoms. The predicted molar refractivity (Wildman–Crippen MR) is 115 cm³/mol. The topological polar surface area (TPSA) is 101 Å². The number of halogens is 2. The third-order valence-corrected chi connectivity index (χ3v) is 8.01. The summed E-state index contributed by atoms with van der Waals surface area (Å²) >= 11 is 4.25. The van der Waals surface area contributed by atoms with Gasteiger partial charge < -0.3 is 10.6 Å². The predicted octanol–water partition coefficient (Wildman–Crippen LogP) is 3.98. The fraction of sp³-hybridized carbons (Fsp3) is 0.235. The smallest absolute Gasteiger partial charge is 0.341 e. The van der Waals surface area contributed by atoms with Gasteiger partial charge in [0, 0.05) is 17.1 Å². The van der Waals surface area contributed by atoms with Gasteiger partial charge in [0.2, 0.25) is 20.9 Å². The molecule has 0 aliphatic carbocycles. The van der Waals surface area contributed by atoms with Crippen molar-refractivity contribution in [2.45, 2.75) is 21.4 Å². The molecule has 0 saturated carbocycles. The number of carbonyl (C=O) groups is 1. The van der Waals surface area contributed by atoms with Crippen LogP contribution in [0.5, 0.6) is 0 Å². The fourth-order valence-corrected chi connectivity index (χ4v) is 5.25. The number of nitrogens with one attached hydrogen (secondary N) is 2. The number of anilines is 2. The SMILES string of the molecule is O=C(CSc1nnc(NCCc2cccs2)s1)Nc1ccc(S(=O)(=O)C(F)F)cc1. The number of thioether (sulfide) groups is 1. The molecule has 0 aliphatic rings. The lowest BCUT2D eigenvalue weighted by atomic mass is 10.3. The summed E-state index contributed by atoms with van der Waals surface area (Å²) in [6.45, 7) is 0.734. The molecule has 0 atom stereocenters. The first kappa shape index (κ1) is 22.6. The quantitative estimate of drug-likeness (QED) is 0.415. The number of rotatable bonds is 10. The van der Waals surface area contributed by atoms with E-state index in [0.717, 1.165) is 25.1 Å². The minimum atomic E-state index is -4.66.